The second kappa shape index (κ2) is 10.2. The summed E-state index contributed by atoms with van der Waals surface area (Å²) in [6, 6.07) is 21.6. The number of amides is 2. The topological polar surface area (TPSA) is 49.4 Å². The van der Waals surface area contributed by atoms with E-state index in [1.165, 1.54) is 28.8 Å². The Balaban J connectivity index is 1.49. The maximum atomic E-state index is 13.2. The average molecular weight is 483 g/mol. The minimum absolute atomic E-state index is 0.157. The number of hydrogen-bond donors (Lipinski definition) is 1. The van der Waals surface area contributed by atoms with E-state index in [-0.39, 0.29) is 18.4 Å². The van der Waals surface area contributed by atoms with E-state index < -0.39 is 11.7 Å². The minimum atomic E-state index is -4.43. The summed E-state index contributed by atoms with van der Waals surface area (Å²) in [5.41, 5.74) is 1.44. The lowest BCUT2D eigenvalue weighted by molar-refractivity contribution is -0.137. The van der Waals surface area contributed by atoms with Crippen LogP contribution in [0.15, 0.2) is 88.7 Å². The van der Waals surface area contributed by atoms with E-state index in [9.17, 15) is 22.8 Å². The first-order chi connectivity index (χ1) is 16.3. The maximum Gasteiger partial charge on any atom is 0.416 e. The van der Waals surface area contributed by atoms with Gasteiger partial charge in [-0.05, 0) is 47.9 Å². The van der Waals surface area contributed by atoms with Crippen LogP contribution in [0.1, 0.15) is 16.7 Å². The Labute approximate surface area is 199 Å². The van der Waals surface area contributed by atoms with E-state index in [2.05, 4.69) is 5.32 Å². The second-order valence-electron chi connectivity index (χ2n) is 7.67. The first kappa shape index (κ1) is 23.6. The highest BCUT2D eigenvalue weighted by molar-refractivity contribution is 8.04. The highest BCUT2D eigenvalue weighted by atomic mass is 32.2. The summed E-state index contributed by atoms with van der Waals surface area (Å²) in [5, 5.41) is 2.85. The van der Waals surface area contributed by atoms with Gasteiger partial charge >= 0.3 is 6.18 Å². The third-order valence-electron chi connectivity index (χ3n) is 5.25. The van der Waals surface area contributed by atoms with Crippen LogP contribution in [-0.4, -0.2) is 24.9 Å². The van der Waals surface area contributed by atoms with E-state index in [0.29, 0.717) is 29.1 Å². The van der Waals surface area contributed by atoms with Crippen LogP contribution in [0.25, 0.3) is 6.08 Å². The van der Waals surface area contributed by atoms with Gasteiger partial charge < -0.3 is 5.32 Å². The fraction of sp³-hybridized carbons (Fsp3) is 0.154. The molecule has 1 heterocycles. The van der Waals surface area contributed by atoms with E-state index in [0.717, 1.165) is 22.6 Å². The second-order valence-corrected chi connectivity index (χ2v) is 8.76. The number of carbonyl (C=O) groups excluding carboxylic acids is 2. The lowest BCUT2D eigenvalue weighted by atomic mass is 10.1. The molecule has 4 rings (SSSR count). The van der Waals surface area contributed by atoms with Crippen molar-refractivity contribution < 1.29 is 22.8 Å². The summed E-state index contributed by atoms with van der Waals surface area (Å²) in [5.74, 6) is -0.665. The van der Waals surface area contributed by atoms with Gasteiger partial charge in [0.05, 0.1) is 16.2 Å². The number of fused-ring (bicyclic) bond motifs is 1. The molecule has 1 aliphatic heterocycles. The number of carbonyl (C=O) groups is 2. The molecule has 3 aromatic carbocycles. The Morgan fingerprint density at radius 3 is 2.32 bits per heavy atom. The van der Waals surface area contributed by atoms with Crippen molar-refractivity contribution in [2.45, 2.75) is 17.5 Å². The summed E-state index contributed by atoms with van der Waals surface area (Å²) in [6.45, 7) is 0.283. The SMILES string of the molecule is O=C(CN1C(=O)C(=Cc2ccc(C(F)(F)F)cc2)Sc2ccccc21)NCCc1ccccc1. The molecule has 2 amide bonds. The maximum absolute atomic E-state index is 13.2. The van der Waals surface area contributed by atoms with Crippen LogP contribution in [0.3, 0.4) is 0 Å². The molecule has 1 N–H and O–H groups in total. The number of rotatable bonds is 6. The third kappa shape index (κ3) is 5.69. The van der Waals surface area contributed by atoms with Gasteiger partial charge in [-0.1, -0.05) is 66.4 Å². The zero-order chi connectivity index (χ0) is 24.1. The molecule has 34 heavy (non-hydrogen) atoms. The molecule has 0 aromatic heterocycles. The van der Waals surface area contributed by atoms with Gasteiger partial charge in [-0.15, -0.1) is 0 Å². The van der Waals surface area contributed by atoms with E-state index in [1.807, 2.05) is 42.5 Å². The van der Waals surface area contributed by atoms with Crippen molar-refractivity contribution >= 4 is 35.3 Å². The number of nitrogens with one attached hydrogen (secondary N) is 1. The monoisotopic (exact) mass is 482 g/mol. The van der Waals surface area contributed by atoms with Gasteiger partial charge in [-0.25, -0.2) is 0 Å². The lowest BCUT2D eigenvalue weighted by Gasteiger charge is -2.29. The summed E-state index contributed by atoms with van der Waals surface area (Å²) in [6.07, 6.45) is -2.21. The molecule has 0 radical (unpaired) electrons. The highest BCUT2D eigenvalue weighted by Crippen LogP contribution is 2.42. The first-order valence-corrected chi connectivity index (χ1v) is 11.4. The molecule has 4 nitrogen and oxygen atoms in total. The number of alkyl halides is 3. The van der Waals surface area contributed by atoms with Gasteiger partial charge in [-0.3, -0.25) is 14.5 Å². The number of halogens is 3. The van der Waals surface area contributed by atoms with E-state index in [4.69, 9.17) is 0 Å². The Morgan fingerprint density at radius 2 is 1.62 bits per heavy atom. The number of nitrogens with zero attached hydrogens (tertiary/aromatic N) is 1. The Bertz CT molecular complexity index is 1210. The summed E-state index contributed by atoms with van der Waals surface area (Å²) in [7, 11) is 0. The molecule has 0 atom stereocenters. The summed E-state index contributed by atoms with van der Waals surface area (Å²) >= 11 is 1.23. The van der Waals surface area contributed by atoms with Crippen molar-refractivity contribution in [2.24, 2.45) is 0 Å². The van der Waals surface area contributed by atoms with Crippen LogP contribution in [0.4, 0.5) is 18.9 Å². The molecule has 3 aromatic rings. The molecular formula is C26H21F3N2O2S. The van der Waals surface area contributed by atoms with E-state index in [1.54, 1.807) is 18.2 Å². The van der Waals surface area contributed by atoms with Gasteiger partial charge in [0, 0.05) is 11.4 Å². The molecule has 174 valence electrons. The fourth-order valence-corrected chi connectivity index (χ4v) is 4.59. The standard InChI is InChI=1S/C26H21F3N2O2S/c27-26(28,29)20-12-10-19(11-13-20)16-23-25(33)31(21-8-4-5-9-22(21)34-23)17-24(32)30-15-14-18-6-2-1-3-7-18/h1-13,16H,14-15,17H2,(H,30,32). The largest absolute Gasteiger partial charge is 0.416 e. The molecule has 0 spiro atoms. The Hall–Kier alpha value is -3.52. The van der Waals surface area contributed by atoms with Gasteiger partial charge in [0.25, 0.3) is 5.91 Å². The number of hydrogen-bond acceptors (Lipinski definition) is 3. The normalized spacial score (nSPS) is 14.7. The molecule has 0 bridgehead atoms. The predicted octanol–water partition coefficient (Wildman–Crippen LogP) is 5.54. The van der Waals surface area contributed by atoms with Crippen molar-refractivity contribution in [3.63, 3.8) is 0 Å². The van der Waals surface area contributed by atoms with Crippen LogP contribution < -0.4 is 10.2 Å². The number of anilines is 1. The molecule has 0 fully saturated rings. The van der Waals surface area contributed by atoms with Gasteiger partial charge in [0.1, 0.15) is 6.54 Å². The number of para-hydroxylation sites is 1. The zero-order valence-corrected chi connectivity index (χ0v) is 18.8. The van der Waals surface area contributed by atoms with Crippen molar-refractivity contribution in [3.05, 3.63) is 100 Å². The van der Waals surface area contributed by atoms with Crippen molar-refractivity contribution in [3.8, 4) is 0 Å². The molecule has 0 saturated heterocycles. The number of thioether (sulfide) groups is 1. The van der Waals surface area contributed by atoms with Crippen molar-refractivity contribution in [2.75, 3.05) is 18.0 Å². The predicted molar refractivity (Wildman–Crippen MR) is 127 cm³/mol. The Morgan fingerprint density at radius 1 is 0.941 bits per heavy atom. The number of benzene rings is 3. The molecule has 1 aliphatic rings. The van der Waals surface area contributed by atoms with Crippen LogP contribution in [0, 0.1) is 0 Å². The molecule has 0 saturated carbocycles. The summed E-state index contributed by atoms with van der Waals surface area (Å²) in [4.78, 5) is 28.4. The quantitative estimate of drug-likeness (QED) is 0.469. The van der Waals surface area contributed by atoms with Gasteiger partial charge in [0.2, 0.25) is 5.91 Å². The van der Waals surface area contributed by atoms with Crippen LogP contribution >= 0.6 is 11.8 Å². The highest BCUT2D eigenvalue weighted by Gasteiger charge is 2.31. The third-order valence-corrected chi connectivity index (χ3v) is 6.33. The molecular weight excluding hydrogens is 461 g/mol. The van der Waals surface area contributed by atoms with Crippen LogP contribution in [0.2, 0.25) is 0 Å². The fourth-order valence-electron chi connectivity index (χ4n) is 3.53. The van der Waals surface area contributed by atoms with Crippen LogP contribution in [0.5, 0.6) is 0 Å². The Kier molecular flexibility index (Phi) is 7.07. The summed E-state index contributed by atoms with van der Waals surface area (Å²) < 4.78 is 38.5. The minimum Gasteiger partial charge on any atom is -0.354 e. The smallest absolute Gasteiger partial charge is 0.354 e. The first-order valence-electron chi connectivity index (χ1n) is 10.6. The van der Waals surface area contributed by atoms with Gasteiger partial charge in [-0.2, -0.15) is 13.2 Å². The lowest BCUT2D eigenvalue weighted by Crippen LogP contribution is -2.43. The van der Waals surface area contributed by atoms with Gasteiger partial charge in [0.15, 0.2) is 0 Å². The average Bonchev–Trinajstić information content (AvgIpc) is 2.82. The molecule has 0 aliphatic carbocycles. The van der Waals surface area contributed by atoms with Crippen molar-refractivity contribution in [1.82, 2.24) is 5.32 Å². The zero-order valence-electron chi connectivity index (χ0n) is 18.0. The van der Waals surface area contributed by atoms with Crippen LogP contribution in [-0.2, 0) is 22.2 Å². The molecule has 8 heteroatoms. The van der Waals surface area contributed by atoms with E-state index >= 15 is 0 Å². The molecule has 0 unspecified atom stereocenters. The van der Waals surface area contributed by atoms with Crippen molar-refractivity contribution in [1.29, 1.82) is 0 Å².